The van der Waals surface area contributed by atoms with Gasteiger partial charge in [-0.1, -0.05) is 30.3 Å². The number of H-pyrrole nitrogens is 2. The lowest BCUT2D eigenvalue weighted by Crippen LogP contribution is -2.34. The van der Waals surface area contributed by atoms with Crippen LogP contribution < -0.4 is 0 Å². The summed E-state index contributed by atoms with van der Waals surface area (Å²) in [6.45, 7) is 2.44. The van der Waals surface area contributed by atoms with Gasteiger partial charge in [-0.3, -0.25) is 15.1 Å². The molecule has 7 nitrogen and oxygen atoms in total. The van der Waals surface area contributed by atoms with Gasteiger partial charge in [0.05, 0.1) is 12.4 Å². The van der Waals surface area contributed by atoms with Gasteiger partial charge in [-0.25, -0.2) is 4.79 Å². The second kappa shape index (κ2) is 7.75. The number of hydrogen-bond acceptors (Lipinski definition) is 4. The fourth-order valence-corrected chi connectivity index (χ4v) is 3.92. The Kier molecular flexibility index (Phi) is 5.02. The molecule has 0 radical (unpaired) electrons. The van der Waals surface area contributed by atoms with E-state index in [0.29, 0.717) is 12.5 Å². The highest BCUT2D eigenvalue weighted by Crippen LogP contribution is 2.29. The molecular weight excluding hydrogens is 342 g/mol. The molecule has 0 spiro atoms. The lowest BCUT2D eigenvalue weighted by molar-refractivity contribution is 0.0687. The Hall–Kier alpha value is -2.93. The second-order valence-corrected chi connectivity index (χ2v) is 7.12. The molecule has 140 valence electrons. The maximum Gasteiger partial charge on any atom is 0.354 e. The molecule has 1 aromatic carbocycles. The van der Waals surface area contributed by atoms with Gasteiger partial charge in [-0.05, 0) is 30.5 Å². The lowest BCUT2D eigenvalue weighted by Gasteiger charge is -2.32. The molecule has 3 heterocycles. The smallest absolute Gasteiger partial charge is 0.354 e. The zero-order valence-corrected chi connectivity index (χ0v) is 15.1. The molecule has 3 aromatic rings. The van der Waals surface area contributed by atoms with E-state index in [4.69, 9.17) is 0 Å². The summed E-state index contributed by atoms with van der Waals surface area (Å²) in [4.78, 5) is 13.6. The number of rotatable bonds is 6. The molecule has 1 aliphatic rings. The van der Waals surface area contributed by atoms with Crippen LogP contribution in [0.15, 0.2) is 42.7 Å². The summed E-state index contributed by atoms with van der Waals surface area (Å²) in [7, 11) is 0. The van der Waals surface area contributed by atoms with Crippen molar-refractivity contribution in [3.05, 3.63) is 70.8 Å². The number of piperidine rings is 1. The first-order valence-corrected chi connectivity index (χ1v) is 9.24. The van der Waals surface area contributed by atoms with Gasteiger partial charge in [0.15, 0.2) is 0 Å². The van der Waals surface area contributed by atoms with Crippen molar-refractivity contribution in [2.45, 2.75) is 31.7 Å². The van der Waals surface area contributed by atoms with E-state index in [2.05, 4.69) is 49.6 Å². The van der Waals surface area contributed by atoms with Crippen molar-refractivity contribution in [1.82, 2.24) is 25.3 Å². The highest BCUT2D eigenvalue weighted by molar-refractivity contribution is 5.86. The molecule has 3 N–H and O–H groups in total. The van der Waals surface area contributed by atoms with Crippen molar-refractivity contribution in [2.24, 2.45) is 0 Å². The summed E-state index contributed by atoms with van der Waals surface area (Å²) in [5.74, 6) is -0.588. The SMILES string of the molecule is O=C(O)c1[nH]ncc1CN1CCC[C@H](c2[nH]ncc2Cc2ccccc2)C1. The average Bonchev–Trinajstić information content (AvgIpc) is 3.32. The number of aromatic carboxylic acids is 1. The molecule has 1 atom stereocenters. The van der Waals surface area contributed by atoms with Crippen LogP contribution in [0.1, 0.15) is 51.6 Å². The van der Waals surface area contributed by atoms with Crippen molar-refractivity contribution >= 4 is 5.97 Å². The Morgan fingerprint density at radius 2 is 1.93 bits per heavy atom. The van der Waals surface area contributed by atoms with Crippen molar-refractivity contribution in [2.75, 3.05) is 13.1 Å². The standard InChI is InChI=1S/C20H23N5O2/c26-20(27)19-17(11-22-24-19)13-25-8-4-7-15(12-25)18-16(10-21-23-18)9-14-5-2-1-3-6-14/h1-3,5-6,10-11,15H,4,7-9,12-13H2,(H,21,23)(H,22,24)(H,26,27)/t15-/m0/s1. The van der Waals surface area contributed by atoms with E-state index < -0.39 is 5.97 Å². The number of nitrogens with one attached hydrogen (secondary N) is 2. The fourth-order valence-electron chi connectivity index (χ4n) is 3.92. The predicted octanol–water partition coefficient (Wildman–Crippen LogP) is 2.80. The summed E-state index contributed by atoms with van der Waals surface area (Å²) < 4.78 is 0. The maximum atomic E-state index is 11.3. The van der Waals surface area contributed by atoms with E-state index >= 15 is 0 Å². The van der Waals surface area contributed by atoms with Crippen LogP contribution in [0.25, 0.3) is 0 Å². The first-order chi connectivity index (χ1) is 13.2. The van der Waals surface area contributed by atoms with Crippen molar-refractivity contribution in [3.8, 4) is 0 Å². The number of carbonyl (C=O) groups is 1. The zero-order chi connectivity index (χ0) is 18.6. The van der Waals surface area contributed by atoms with Gasteiger partial charge >= 0.3 is 5.97 Å². The minimum Gasteiger partial charge on any atom is -0.477 e. The topological polar surface area (TPSA) is 97.9 Å². The van der Waals surface area contributed by atoms with E-state index in [1.165, 1.54) is 16.8 Å². The minimum atomic E-state index is -0.963. The van der Waals surface area contributed by atoms with Gasteiger partial charge in [-0.15, -0.1) is 0 Å². The molecule has 0 amide bonds. The third-order valence-corrected chi connectivity index (χ3v) is 5.23. The molecular formula is C20H23N5O2. The van der Waals surface area contributed by atoms with Crippen LogP contribution in [-0.4, -0.2) is 49.5 Å². The number of carboxylic acid groups (broad SMARTS) is 1. The lowest BCUT2D eigenvalue weighted by atomic mass is 9.90. The highest BCUT2D eigenvalue weighted by Gasteiger charge is 2.26. The number of nitrogens with zero attached hydrogens (tertiary/aromatic N) is 3. The molecule has 1 fully saturated rings. The summed E-state index contributed by atoms with van der Waals surface area (Å²) in [5.41, 5.74) is 4.63. The summed E-state index contributed by atoms with van der Waals surface area (Å²) in [6, 6.07) is 10.4. The van der Waals surface area contributed by atoms with Gasteiger partial charge in [0.2, 0.25) is 0 Å². The fraction of sp³-hybridized carbons (Fsp3) is 0.350. The van der Waals surface area contributed by atoms with E-state index in [9.17, 15) is 9.90 Å². The molecule has 0 unspecified atom stereocenters. The quantitative estimate of drug-likeness (QED) is 0.624. The van der Waals surface area contributed by atoms with Gasteiger partial charge in [-0.2, -0.15) is 10.2 Å². The molecule has 0 bridgehead atoms. The van der Waals surface area contributed by atoms with Crippen molar-refractivity contribution in [3.63, 3.8) is 0 Å². The summed E-state index contributed by atoms with van der Waals surface area (Å²) in [6.07, 6.45) is 6.60. The van der Waals surface area contributed by atoms with E-state index in [0.717, 1.165) is 37.9 Å². The van der Waals surface area contributed by atoms with Gasteiger partial charge in [0.1, 0.15) is 5.69 Å². The monoisotopic (exact) mass is 365 g/mol. The average molecular weight is 365 g/mol. The molecule has 2 aromatic heterocycles. The van der Waals surface area contributed by atoms with Crippen LogP contribution in [0, 0.1) is 0 Å². The van der Waals surface area contributed by atoms with Crippen LogP contribution in [-0.2, 0) is 13.0 Å². The van der Waals surface area contributed by atoms with E-state index in [1.54, 1.807) is 6.20 Å². The van der Waals surface area contributed by atoms with E-state index in [1.807, 2.05) is 12.3 Å². The Bertz CT molecular complexity index is 902. The predicted molar refractivity (Wildman–Crippen MR) is 101 cm³/mol. The van der Waals surface area contributed by atoms with Crippen LogP contribution in [0.3, 0.4) is 0 Å². The summed E-state index contributed by atoms with van der Waals surface area (Å²) >= 11 is 0. The zero-order valence-electron chi connectivity index (χ0n) is 15.1. The normalized spacial score (nSPS) is 17.9. The number of carboxylic acids is 1. The highest BCUT2D eigenvalue weighted by atomic mass is 16.4. The molecule has 1 saturated heterocycles. The molecule has 27 heavy (non-hydrogen) atoms. The first-order valence-electron chi connectivity index (χ1n) is 9.24. The van der Waals surface area contributed by atoms with Crippen molar-refractivity contribution in [1.29, 1.82) is 0 Å². The first kappa shape index (κ1) is 17.5. The number of benzene rings is 1. The molecule has 0 saturated carbocycles. The van der Waals surface area contributed by atoms with Crippen LogP contribution in [0.2, 0.25) is 0 Å². The van der Waals surface area contributed by atoms with Crippen LogP contribution in [0.4, 0.5) is 0 Å². The number of aromatic nitrogens is 4. The molecule has 0 aliphatic carbocycles. The van der Waals surface area contributed by atoms with Gasteiger partial charge < -0.3 is 5.11 Å². The van der Waals surface area contributed by atoms with Gasteiger partial charge in [0.25, 0.3) is 0 Å². The largest absolute Gasteiger partial charge is 0.477 e. The van der Waals surface area contributed by atoms with Crippen LogP contribution >= 0.6 is 0 Å². The third kappa shape index (κ3) is 3.93. The maximum absolute atomic E-state index is 11.3. The van der Waals surface area contributed by atoms with Crippen molar-refractivity contribution < 1.29 is 9.90 Å². The summed E-state index contributed by atoms with van der Waals surface area (Å²) in [5, 5.41) is 23.2. The molecule has 4 rings (SSSR count). The Labute approximate surface area is 157 Å². The van der Waals surface area contributed by atoms with Crippen LogP contribution in [0.5, 0.6) is 0 Å². The molecule has 1 aliphatic heterocycles. The minimum absolute atomic E-state index is 0.184. The Morgan fingerprint density at radius 3 is 2.74 bits per heavy atom. The molecule has 7 heteroatoms. The Morgan fingerprint density at radius 1 is 1.15 bits per heavy atom. The van der Waals surface area contributed by atoms with Gasteiger partial charge in [0, 0.05) is 36.7 Å². The Balaban J connectivity index is 1.47. The number of likely N-dealkylation sites (tertiary alicyclic amines) is 1. The van der Waals surface area contributed by atoms with E-state index in [-0.39, 0.29) is 5.69 Å². The number of hydrogen-bond donors (Lipinski definition) is 3. The number of aromatic amines is 2. The third-order valence-electron chi connectivity index (χ3n) is 5.23. The second-order valence-electron chi connectivity index (χ2n) is 7.12.